The van der Waals surface area contributed by atoms with Gasteiger partial charge in [-0.15, -0.1) is 0 Å². The maximum absolute atomic E-state index is 12.2. The van der Waals surface area contributed by atoms with Gasteiger partial charge in [-0.1, -0.05) is 0 Å². The van der Waals surface area contributed by atoms with Crippen molar-refractivity contribution >= 4 is 5.91 Å². The molecule has 5 nitrogen and oxygen atoms in total. The fourth-order valence-corrected chi connectivity index (χ4v) is 2.16. The third kappa shape index (κ3) is 2.91. The number of furan rings is 1. The first-order valence-electron chi connectivity index (χ1n) is 6.37. The molecule has 0 bridgehead atoms. The number of carbonyl (C=O) groups is 1. The van der Waals surface area contributed by atoms with Crippen LogP contribution in [0.2, 0.25) is 0 Å². The van der Waals surface area contributed by atoms with Gasteiger partial charge in [-0.3, -0.25) is 9.69 Å². The first-order valence-corrected chi connectivity index (χ1v) is 6.37. The highest BCUT2D eigenvalue weighted by molar-refractivity contribution is 5.85. The van der Waals surface area contributed by atoms with E-state index < -0.39 is 5.54 Å². The third-order valence-electron chi connectivity index (χ3n) is 3.47. The van der Waals surface area contributed by atoms with Gasteiger partial charge in [0.15, 0.2) is 0 Å². The summed E-state index contributed by atoms with van der Waals surface area (Å²) in [6.07, 6.45) is 1.61. The van der Waals surface area contributed by atoms with Crippen LogP contribution in [0.5, 0.6) is 0 Å². The Balaban J connectivity index is 1.89. The number of nitrogens with zero attached hydrogens (tertiary/aromatic N) is 1. The molecule has 100 valence electrons. The van der Waals surface area contributed by atoms with Gasteiger partial charge in [-0.05, 0) is 26.0 Å². The van der Waals surface area contributed by atoms with Crippen LogP contribution < -0.4 is 10.6 Å². The lowest BCUT2D eigenvalue weighted by atomic mass is 10.0. The van der Waals surface area contributed by atoms with Crippen LogP contribution in [0.1, 0.15) is 19.6 Å². The van der Waals surface area contributed by atoms with Crippen LogP contribution in [0.4, 0.5) is 0 Å². The van der Waals surface area contributed by atoms with E-state index in [9.17, 15) is 4.79 Å². The van der Waals surface area contributed by atoms with Crippen molar-refractivity contribution in [3.8, 4) is 0 Å². The van der Waals surface area contributed by atoms with Crippen LogP contribution in [0.25, 0.3) is 0 Å². The second-order valence-corrected chi connectivity index (χ2v) is 5.06. The van der Waals surface area contributed by atoms with Crippen LogP contribution in [0.3, 0.4) is 0 Å². The van der Waals surface area contributed by atoms with Crippen molar-refractivity contribution < 1.29 is 9.21 Å². The molecule has 1 fully saturated rings. The Hall–Kier alpha value is -1.33. The molecule has 1 aromatic heterocycles. The van der Waals surface area contributed by atoms with E-state index in [1.54, 1.807) is 6.26 Å². The summed E-state index contributed by atoms with van der Waals surface area (Å²) in [5.74, 6) is 0.820. The zero-order valence-electron chi connectivity index (χ0n) is 11.0. The highest BCUT2D eigenvalue weighted by atomic mass is 16.3. The number of hydrogen-bond donors (Lipinski definition) is 2. The van der Waals surface area contributed by atoms with Crippen molar-refractivity contribution in [2.45, 2.75) is 25.9 Å². The minimum absolute atomic E-state index is 0.0424. The zero-order chi connectivity index (χ0) is 13.0. The Morgan fingerprint density at radius 2 is 2.22 bits per heavy atom. The first kappa shape index (κ1) is 13.1. The smallest absolute Gasteiger partial charge is 0.240 e. The van der Waals surface area contributed by atoms with Gasteiger partial charge in [0.1, 0.15) is 5.76 Å². The number of piperazine rings is 1. The van der Waals surface area contributed by atoms with E-state index in [4.69, 9.17) is 4.42 Å². The van der Waals surface area contributed by atoms with Crippen molar-refractivity contribution in [2.24, 2.45) is 0 Å². The second kappa shape index (κ2) is 5.54. The lowest BCUT2D eigenvalue weighted by Gasteiger charge is -2.39. The Labute approximate surface area is 108 Å². The summed E-state index contributed by atoms with van der Waals surface area (Å²) in [5, 5.41) is 6.22. The molecule has 1 aliphatic heterocycles. The lowest BCUT2D eigenvalue weighted by Crippen LogP contribution is -2.59. The molecule has 0 spiro atoms. The summed E-state index contributed by atoms with van der Waals surface area (Å²) in [7, 11) is 0. The Kier molecular flexibility index (Phi) is 4.04. The van der Waals surface area contributed by atoms with Gasteiger partial charge in [0.25, 0.3) is 0 Å². The van der Waals surface area contributed by atoms with E-state index in [0.29, 0.717) is 6.54 Å². The van der Waals surface area contributed by atoms with Crippen molar-refractivity contribution in [1.82, 2.24) is 15.5 Å². The molecule has 2 rings (SSSR count). The average Bonchev–Trinajstić information content (AvgIpc) is 2.90. The summed E-state index contributed by atoms with van der Waals surface area (Å²) in [6, 6.07) is 3.68. The van der Waals surface area contributed by atoms with Crippen molar-refractivity contribution in [1.29, 1.82) is 0 Å². The second-order valence-electron chi connectivity index (χ2n) is 5.06. The molecule has 0 aliphatic carbocycles. The normalized spacial score (nSPS) is 17.7. The lowest BCUT2D eigenvalue weighted by molar-refractivity contribution is -0.132. The number of carbonyl (C=O) groups excluding carboxylic acids is 1. The number of nitrogens with one attached hydrogen (secondary N) is 2. The molecule has 1 aliphatic rings. The van der Waals surface area contributed by atoms with Crippen LogP contribution in [-0.2, 0) is 11.3 Å². The maximum atomic E-state index is 12.2. The van der Waals surface area contributed by atoms with Crippen LogP contribution >= 0.6 is 0 Å². The summed E-state index contributed by atoms with van der Waals surface area (Å²) in [5.41, 5.74) is -0.477. The van der Waals surface area contributed by atoms with Gasteiger partial charge < -0.3 is 15.1 Å². The fourth-order valence-electron chi connectivity index (χ4n) is 2.16. The molecule has 0 unspecified atom stereocenters. The van der Waals surface area contributed by atoms with Gasteiger partial charge in [0.2, 0.25) is 5.91 Å². The largest absolute Gasteiger partial charge is 0.467 e. The molecule has 2 heterocycles. The van der Waals surface area contributed by atoms with Gasteiger partial charge in [0.05, 0.1) is 18.3 Å². The fraction of sp³-hybridized carbons (Fsp3) is 0.615. The molecule has 5 heteroatoms. The summed E-state index contributed by atoms with van der Waals surface area (Å²) >= 11 is 0. The minimum Gasteiger partial charge on any atom is -0.467 e. The molecule has 1 aromatic rings. The van der Waals surface area contributed by atoms with E-state index in [0.717, 1.165) is 31.9 Å². The number of hydrogen-bond acceptors (Lipinski definition) is 4. The van der Waals surface area contributed by atoms with E-state index >= 15 is 0 Å². The average molecular weight is 251 g/mol. The van der Waals surface area contributed by atoms with Crippen molar-refractivity contribution in [3.05, 3.63) is 24.2 Å². The Morgan fingerprint density at radius 1 is 1.50 bits per heavy atom. The summed E-state index contributed by atoms with van der Waals surface area (Å²) in [6.45, 7) is 8.07. The van der Waals surface area contributed by atoms with E-state index in [1.165, 1.54) is 0 Å². The topological polar surface area (TPSA) is 57.5 Å². The van der Waals surface area contributed by atoms with E-state index in [2.05, 4.69) is 15.5 Å². The minimum atomic E-state index is -0.477. The van der Waals surface area contributed by atoms with Gasteiger partial charge >= 0.3 is 0 Å². The van der Waals surface area contributed by atoms with Gasteiger partial charge in [-0.25, -0.2) is 0 Å². The standard InChI is InChI=1S/C13H21N3O2/c1-13(2,16-7-5-14-6-8-16)12(17)15-10-11-4-3-9-18-11/h3-4,9,14H,5-8,10H2,1-2H3,(H,15,17). The molecular weight excluding hydrogens is 230 g/mol. The number of rotatable bonds is 4. The number of amides is 1. The molecule has 1 saturated heterocycles. The molecule has 1 amide bonds. The van der Waals surface area contributed by atoms with Crippen LogP contribution in [-0.4, -0.2) is 42.5 Å². The highest BCUT2D eigenvalue weighted by Gasteiger charge is 2.34. The predicted octanol–water partition coefficient (Wildman–Crippen LogP) is 0.580. The van der Waals surface area contributed by atoms with Crippen molar-refractivity contribution in [3.63, 3.8) is 0 Å². The molecule has 0 radical (unpaired) electrons. The summed E-state index contributed by atoms with van der Waals surface area (Å²) in [4.78, 5) is 14.5. The quantitative estimate of drug-likeness (QED) is 0.822. The third-order valence-corrected chi connectivity index (χ3v) is 3.47. The molecule has 0 aromatic carbocycles. The SMILES string of the molecule is CC(C)(C(=O)NCc1ccco1)N1CCNCC1. The Morgan fingerprint density at radius 3 is 2.83 bits per heavy atom. The van der Waals surface area contributed by atoms with E-state index in [-0.39, 0.29) is 5.91 Å². The first-order chi connectivity index (χ1) is 8.60. The molecule has 0 atom stereocenters. The van der Waals surface area contributed by atoms with Crippen LogP contribution in [0, 0.1) is 0 Å². The zero-order valence-corrected chi connectivity index (χ0v) is 11.0. The van der Waals surface area contributed by atoms with Crippen molar-refractivity contribution in [2.75, 3.05) is 26.2 Å². The Bertz CT molecular complexity index is 381. The molecule has 2 N–H and O–H groups in total. The predicted molar refractivity (Wildman–Crippen MR) is 69.1 cm³/mol. The summed E-state index contributed by atoms with van der Waals surface area (Å²) < 4.78 is 5.20. The monoisotopic (exact) mass is 251 g/mol. The maximum Gasteiger partial charge on any atom is 0.240 e. The molecular formula is C13H21N3O2. The van der Waals surface area contributed by atoms with Gasteiger partial charge in [-0.2, -0.15) is 0 Å². The highest BCUT2D eigenvalue weighted by Crippen LogP contribution is 2.15. The van der Waals surface area contributed by atoms with Gasteiger partial charge in [0, 0.05) is 26.2 Å². The molecule has 18 heavy (non-hydrogen) atoms. The van der Waals surface area contributed by atoms with E-state index in [1.807, 2.05) is 26.0 Å². The molecule has 0 saturated carbocycles. The van der Waals surface area contributed by atoms with Crippen LogP contribution in [0.15, 0.2) is 22.8 Å².